The second-order valence-electron chi connectivity index (χ2n) is 6.05. The molecule has 1 amide bonds. The lowest BCUT2D eigenvalue weighted by Crippen LogP contribution is -2.33. The molecule has 0 aliphatic heterocycles. The van der Waals surface area contributed by atoms with E-state index < -0.39 is 0 Å². The van der Waals surface area contributed by atoms with Crippen LogP contribution in [0.1, 0.15) is 84.5 Å². The first kappa shape index (κ1) is 20.9. The number of nitrogens with zero attached hydrogens (tertiary/aromatic N) is 1. The Labute approximate surface area is 136 Å². The highest BCUT2D eigenvalue weighted by atomic mass is 16.5. The van der Waals surface area contributed by atoms with Gasteiger partial charge in [0.05, 0.1) is 6.61 Å². The summed E-state index contributed by atoms with van der Waals surface area (Å²) < 4.78 is 5.11. The standard InChI is InChI=1S/C18H35NO3/c1-4-6-8-9-10-11-12-14-17(20)19(3)16-18(21)22-15-13-7-5-2/h4-16H2,1-3H3. The Bertz CT molecular complexity index is 292. The second-order valence-corrected chi connectivity index (χ2v) is 6.05. The molecule has 4 heteroatoms. The van der Waals surface area contributed by atoms with Gasteiger partial charge in [-0.1, -0.05) is 65.2 Å². The van der Waals surface area contributed by atoms with Gasteiger partial charge in [-0.2, -0.15) is 0 Å². The van der Waals surface area contributed by atoms with Crippen LogP contribution in [0.2, 0.25) is 0 Å². The molecule has 0 aromatic rings. The Morgan fingerprint density at radius 3 is 2.00 bits per heavy atom. The molecule has 0 bridgehead atoms. The Kier molecular flexibility index (Phi) is 14.1. The molecule has 0 N–H and O–H groups in total. The number of hydrogen-bond acceptors (Lipinski definition) is 3. The fourth-order valence-corrected chi connectivity index (χ4v) is 2.29. The summed E-state index contributed by atoms with van der Waals surface area (Å²) in [4.78, 5) is 25.0. The number of unbranched alkanes of at least 4 members (excludes halogenated alkanes) is 8. The lowest BCUT2D eigenvalue weighted by atomic mass is 10.1. The summed E-state index contributed by atoms with van der Waals surface area (Å²) >= 11 is 0. The van der Waals surface area contributed by atoms with Crippen molar-refractivity contribution in [3.05, 3.63) is 0 Å². The molecule has 0 aromatic heterocycles. The van der Waals surface area contributed by atoms with Gasteiger partial charge in [0.2, 0.25) is 5.91 Å². The van der Waals surface area contributed by atoms with Gasteiger partial charge >= 0.3 is 5.97 Å². The van der Waals surface area contributed by atoms with Crippen molar-refractivity contribution in [3.63, 3.8) is 0 Å². The summed E-state index contributed by atoms with van der Waals surface area (Å²) in [6, 6.07) is 0. The Morgan fingerprint density at radius 2 is 1.36 bits per heavy atom. The molecule has 0 aliphatic rings. The largest absolute Gasteiger partial charge is 0.464 e. The molecule has 22 heavy (non-hydrogen) atoms. The highest BCUT2D eigenvalue weighted by Crippen LogP contribution is 2.09. The summed E-state index contributed by atoms with van der Waals surface area (Å²) in [5, 5.41) is 0. The average molecular weight is 313 g/mol. The number of hydrogen-bond donors (Lipinski definition) is 0. The smallest absolute Gasteiger partial charge is 0.325 e. The third-order valence-electron chi connectivity index (χ3n) is 3.80. The Balaban J connectivity index is 3.59. The van der Waals surface area contributed by atoms with Crippen molar-refractivity contribution in [2.75, 3.05) is 20.2 Å². The van der Waals surface area contributed by atoms with E-state index in [-0.39, 0.29) is 18.4 Å². The number of carbonyl (C=O) groups is 2. The number of esters is 1. The van der Waals surface area contributed by atoms with Crippen LogP contribution in [0.3, 0.4) is 0 Å². The summed E-state index contributed by atoms with van der Waals surface area (Å²) in [5.74, 6) is -0.259. The maximum atomic E-state index is 11.9. The fraction of sp³-hybridized carbons (Fsp3) is 0.889. The van der Waals surface area contributed by atoms with Gasteiger partial charge in [0, 0.05) is 13.5 Å². The monoisotopic (exact) mass is 313 g/mol. The second kappa shape index (κ2) is 14.9. The zero-order chi connectivity index (χ0) is 16.6. The molecule has 0 saturated heterocycles. The third-order valence-corrected chi connectivity index (χ3v) is 3.80. The highest BCUT2D eigenvalue weighted by molar-refractivity contribution is 5.81. The Morgan fingerprint density at radius 1 is 0.818 bits per heavy atom. The fourth-order valence-electron chi connectivity index (χ4n) is 2.29. The van der Waals surface area contributed by atoms with Crippen LogP contribution in [0.15, 0.2) is 0 Å². The minimum absolute atomic E-state index is 0.0408. The van der Waals surface area contributed by atoms with Gasteiger partial charge in [-0.15, -0.1) is 0 Å². The van der Waals surface area contributed by atoms with Gasteiger partial charge < -0.3 is 9.64 Å². The van der Waals surface area contributed by atoms with E-state index in [0.29, 0.717) is 13.0 Å². The van der Waals surface area contributed by atoms with Crippen LogP contribution in [-0.2, 0) is 14.3 Å². The van der Waals surface area contributed by atoms with Gasteiger partial charge in [-0.3, -0.25) is 9.59 Å². The minimum atomic E-state index is -0.300. The van der Waals surface area contributed by atoms with E-state index in [2.05, 4.69) is 13.8 Å². The number of ether oxygens (including phenoxy) is 1. The molecule has 0 atom stereocenters. The molecule has 0 aliphatic carbocycles. The molecule has 0 heterocycles. The van der Waals surface area contributed by atoms with Gasteiger partial charge in [0.15, 0.2) is 0 Å². The van der Waals surface area contributed by atoms with Crippen molar-refractivity contribution >= 4 is 11.9 Å². The highest BCUT2D eigenvalue weighted by Gasteiger charge is 2.13. The van der Waals surface area contributed by atoms with Gasteiger partial charge in [-0.25, -0.2) is 0 Å². The molecule has 0 rings (SSSR count). The van der Waals surface area contributed by atoms with Crippen LogP contribution >= 0.6 is 0 Å². The average Bonchev–Trinajstić information content (AvgIpc) is 2.50. The summed E-state index contributed by atoms with van der Waals surface area (Å²) in [5.41, 5.74) is 0. The van der Waals surface area contributed by atoms with Crippen molar-refractivity contribution in [1.82, 2.24) is 4.90 Å². The van der Waals surface area contributed by atoms with Crippen molar-refractivity contribution in [2.24, 2.45) is 0 Å². The number of likely N-dealkylation sites (N-methyl/N-ethyl adjacent to an activating group) is 1. The lowest BCUT2D eigenvalue weighted by Gasteiger charge is -2.16. The van der Waals surface area contributed by atoms with E-state index in [1.54, 1.807) is 7.05 Å². The predicted molar refractivity (Wildman–Crippen MR) is 90.7 cm³/mol. The quantitative estimate of drug-likeness (QED) is 0.354. The first-order valence-corrected chi connectivity index (χ1v) is 9.01. The molecular weight excluding hydrogens is 278 g/mol. The van der Waals surface area contributed by atoms with Crippen LogP contribution < -0.4 is 0 Å². The number of rotatable bonds is 14. The molecule has 0 unspecified atom stereocenters. The van der Waals surface area contributed by atoms with Crippen LogP contribution in [0.5, 0.6) is 0 Å². The zero-order valence-corrected chi connectivity index (χ0v) is 14.9. The lowest BCUT2D eigenvalue weighted by molar-refractivity contribution is -0.148. The van der Waals surface area contributed by atoms with Crippen molar-refractivity contribution < 1.29 is 14.3 Å². The van der Waals surface area contributed by atoms with Crippen LogP contribution in [0.4, 0.5) is 0 Å². The molecule has 0 spiro atoms. The van der Waals surface area contributed by atoms with E-state index in [4.69, 9.17) is 4.74 Å². The normalized spacial score (nSPS) is 10.5. The third kappa shape index (κ3) is 12.7. The van der Waals surface area contributed by atoms with Crippen LogP contribution in [0, 0.1) is 0 Å². The van der Waals surface area contributed by atoms with Crippen molar-refractivity contribution in [3.8, 4) is 0 Å². The summed E-state index contributed by atoms with van der Waals surface area (Å²) in [6.07, 6.45) is 12.0. The van der Waals surface area contributed by atoms with E-state index in [0.717, 1.165) is 32.1 Å². The van der Waals surface area contributed by atoms with Crippen molar-refractivity contribution in [2.45, 2.75) is 84.5 Å². The van der Waals surface area contributed by atoms with Gasteiger partial charge in [-0.05, 0) is 12.8 Å². The van der Waals surface area contributed by atoms with Crippen molar-refractivity contribution in [1.29, 1.82) is 0 Å². The topological polar surface area (TPSA) is 46.6 Å². The van der Waals surface area contributed by atoms with Gasteiger partial charge in [0.25, 0.3) is 0 Å². The van der Waals surface area contributed by atoms with Crippen LogP contribution in [-0.4, -0.2) is 37.0 Å². The maximum absolute atomic E-state index is 11.9. The zero-order valence-electron chi connectivity index (χ0n) is 14.9. The maximum Gasteiger partial charge on any atom is 0.325 e. The Hall–Kier alpha value is -1.06. The van der Waals surface area contributed by atoms with Crippen LogP contribution in [0.25, 0.3) is 0 Å². The van der Waals surface area contributed by atoms with E-state index in [1.807, 2.05) is 0 Å². The molecule has 0 fully saturated rings. The van der Waals surface area contributed by atoms with Gasteiger partial charge in [0.1, 0.15) is 6.54 Å². The number of amides is 1. The molecule has 0 aromatic carbocycles. The SMILES string of the molecule is CCCCCCCCCC(=O)N(C)CC(=O)OCCCCC. The van der Waals surface area contributed by atoms with E-state index >= 15 is 0 Å². The minimum Gasteiger partial charge on any atom is -0.464 e. The number of carbonyl (C=O) groups excluding carboxylic acids is 2. The molecular formula is C18H35NO3. The first-order valence-electron chi connectivity index (χ1n) is 9.01. The molecule has 4 nitrogen and oxygen atoms in total. The summed E-state index contributed by atoms with van der Waals surface area (Å²) in [6.45, 7) is 4.86. The van der Waals surface area contributed by atoms with E-state index in [1.165, 1.54) is 37.0 Å². The van der Waals surface area contributed by atoms with E-state index in [9.17, 15) is 9.59 Å². The molecule has 0 radical (unpaired) electrons. The molecule has 130 valence electrons. The predicted octanol–water partition coefficient (Wildman–Crippen LogP) is 4.32. The molecule has 0 saturated carbocycles. The summed E-state index contributed by atoms with van der Waals surface area (Å²) in [7, 11) is 1.68. The first-order chi connectivity index (χ1) is 10.6.